The first-order valence-corrected chi connectivity index (χ1v) is 6.38. The van der Waals surface area contributed by atoms with Gasteiger partial charge in [-0.15, -0.1) is 0 Å². The van der Waals surface area contributed by atoms with Gasteiger partial charge in [-0.2, -0.15) is 5.10 Å². The highest BCUT2D eigenvalue weighted by Gasteiger charge is 2.24. The predicted molar refractivity (Wildman–Crippen MR) is 64.5 cm³/mol. The standard InChI is InChI=1S/C12H20N4/c13-6-9-7-14-12-5-11(15-16(12)8-9)10-3-1-2-4-10/h5,9-10,14H,1-4,6-8,13H2. The van der Waals surface area contributed by atoms with Gasteiger partial charge in [0.1, 0.15) is 5.82 Å². The molecule has 1 unspecified atom stereocenters. The Morgan fingerprint density at radius 1 is 1.44 bits per heavy atom. The molecule has 0 spiro atoms. The minimum Gasteiger partial charge on any atom is -0.370 e. The van der Waals surface area contributed by atoms with Gasteiger partial charge in [-0.3, -0.25) is 0 Å². The molecule has 1 saturated carbocycles. The monoisotopic (exact) mass is 220 g/mol. The molecule has 0 saturated heterocycles. The molecule has 1 atom stereocenters. The number of hydrogen-bond acceptors (Lipinski definition) is 3. The molecular formula is C12H20N4. The Bertz CT molecular complexity index is 365. The summed E-state index contributed by atoms with van der Waals surface area (Å²) in [7, 11) is 0. The van der Waals surface area contributed by atoms with Crippen LogP contribution < -0.4 is 11.1 Å². The van der Waals surface area contributed by atoms with Crippen molar-refractivity contribution >= 4 is 5.82 Å². The number of hydrogen-bond donors (Lipinski definition) is 2. The zero-order chi connectivity index (χ0) is 11.0. The Balaban J connectivity index is 1.80. The molecule has 0 bridgehead atoms. The topological polar surface area (TPSA) is 55.9 Å². The average molecular weight is 220 g/mol. The summed E-state index contributed by atoms with van der Waals surface area (Å²) in [4.78, 5) is 0. The largest absolute Gasteiger partial charge is 0.370 e. The summed E-state index contributed by atoms with van der Waals surface area (Å²) in [6, 6.07) is 2.24. The van der Waals surface area contributed by atoms with E-state index in [1.807, 2.05) is 0 Å². The molecule has 1 aliphatic carbocycles. The molecule has 1 aromatic heterocycles. The minimum atomic E-state index is 0.531. The van der Waals surface area contributed by atoms with Crippen LogP contribution in [-0.2, 0) is 6.54 Å². The lowest BCUT2D eigenvalue weighted by Crippen LogP contribution is -2.32. The van der Waals surface area contributed by atoms with Crippen molar-refractivity contribution in [2.45, 2.75) is 38.1 Å². The van der Waals surface area contributed by atoms with Crippen LogP contribution in [0.2, 0.25) is 0 Å². The minimum absolute atomic E-state index is 0.531. The fourth-order valence-corrected chi connectivity index (χ4v) is 2.86. The van der Waals surface area contributed by atoms with Crippen LogP contribution in [0.1, 0.15) is 37.3 Å². The van der Waals surface area contributed by atoms with Gasteiger partial charge >= 0.3 is 0 Å². The molecule has 3 N–H and O–H groups in total. The van der Waals surface area contributed by atoms with Crippen LogP contribution >= 0.6 is 0 Å². The van der Waals surface area contributed by atoms with Crippen LogP contribution in [0.25, 0.3) is 0 Å². The van der Waals surface area contributed by atoms with Crippen molar-refractivity contribution in [2.75, 3.05) is 18.4 Å². The molecule has 0 radical (unpaired) electrons. The molecule has 4 nitrogen and oxygen atoms in total. The summed E-state index contributed by atoms with van der Waals surface area (Å²) in [5.74, 6) is 2.42. The fraction of sp³-hybridized carbons (Fsp3) is 0.750. The maximum atomic E-state index is 5.71. The second-order valence-corrected chi connectivity index (χ2v) is 5.10. The summed E-state index contributed by atoms with van der Waals surface area (Å²) in [6.45, 7) is 2.71. The fourth-order valence-electron chi connectivity index (χ4n) is 2.86. The third-order valence-electron chi connectivity index (χ3n) is 3.91. The molecule has 2 aliphatic rings. The Hall–Kier alpha value is -1.03. The van der Waals surface area contributed by atoms with E-state index in [2.05, 4.69) is 16.1 Å². The SMILES string of the molecule is NCC1CNc2cc(C3CCCC3)nn2C1. The van der Waals surface area contributed by atoms with Gasteiger partial charge in [-0.1, -0.05) is 12.8 Å². The van der Waals surface area contributed by atoms with E-state index in [9.17, 15) is 0 Å². The summed E-state index contributed by atoms with van der Waals surface area (Å²) in [6.07, 6.45) is 5.37. The van der Waals surface area contributed by atoms with Crippen molar-refractivity contribution in [1.82, 2.24) is 9.78 Å². The number of nitrogens with zero attached hydrogens (tertiary/aromatic N) is 2. The third kappa shape index (κ3) is 1.71. The van der Waals surface area contributed by atoms with Crippen molar-refractivity contribution in [3.05, 3.63) is 11.8 Å². The lowest BCUT2D eigenvalue weighted by molar-refractivity contribution is 0.419. The van der Waals surface area contributed by atoms with Gasteiger partial charge in [-0.25, -0.2) is 4.68 Å². The Morgan fingerprint density at radius 2 is 2.25 bits per heavy atom. The van der Waals surface area contributed by atoms with E-state index in [1.54, 1.807) is 0 Å². The summed E-state index contributed by atoms with van der Waals surface area (Å²) in [5, 5.41) is 8.16. The molecule has 4 heteroatoms. The van der Waals surface area contributed by atoms with Gasteiger partial charge in [-0.05, 0) is 19.4 Å². The number of rotatable bonds is 2. The maximum Gasteiger partial charge on any atom is 0.124 e. The highest BCUT2D eigenvalue weighted by Crippen LogP contribution is 2.34. The summed E-state index contributed by atoms with van der Waals surface area (Å²) < 4.78 is 2.11. The van der Waals surface area contributed by atoms with Gasteiger partial charge in [0.25, 0.3) is 0 Å². The van der Waals surface area contributed by atoms with Crippen LogP contribution in [0.3, 0.4) is 0 Å². The van der Waals surface area contributed by atoms with Crippen molar-refractivity contribution < 1.29 is 0 Å². The van der Waals surface area contributed by atoms with Gasteiger partial charge in [0.2, 0.25) is 0 Å². The lowest BCUT2D eigenvalue weighted by atomic mass is 10.0. The van der Waals surface area contributed by atoms with Gasteiger partial charge < -0.3 is 11.1 Å². The first-order valence-electron chi connectivity index (χ1n) is 6.38. The molecule has 0 amide bonds. The molecule has 0 aromatic carbocycles. The number of aromatic nitrogens is 2. The molecular weight excluding hydrogens is 200 g/mol. The molecule has 1 fully saturated rings. The molecule has 3 rings (SSSR count). The molecule has 1 aliphatic heterocycles. The first-order chi connectivity index (χ1) is 7.86. The quantitative estimate of drug-likeness (QED) is 0.795. The van der Waals surface area contributed by atoms with E-state index in [0.29, 0.717) is 11.8 Å². The van der Waals surface area contributed by atoms with E-state index in [-0.39, 0.29) is 0 Å². The van der Waals surface area contributed by atoms with Crippen LogP contribution in [0.15, 0.2) is 6.07 Å². The van der Waals surface area contributed by atoms with Gasteiger partial charge in [0.05, 0.1) is 5.69 Å². The average Bonchev–Trinajstić information content (AvgIpc) is 2.96. The Kier molecular flexibility index (Phi) is 2.59. The number of anilines is 1. The first kappa shape index (κ1) is 10.1. The van der Waals surface area contributed by atoms with Crippen molar-refractivity contribution in [3.63, 3.8) is 0 Å². The van der Waals surface area contributed by atoms with Crippen molar-refractivity contribution in [1.29, 1.82) is 0 Å². The normalized spacial score (nSPS) is 25.4. The van der Waals surface area contributed by atoms with E-state index < -0.39 is 0 Å². The smallest absolute Gasteiger partial charge is 0.124 e. The summed E-state index contributed by atoms with van der Waals surface area (Å²) in [5.41, 5.74) is 7.00. The van der Waals surface area contributed by atoms with Crippen LogP contribution in [0, 0.1) is 5.92 Å². The van der Waals surface area contributed by atoms with Crippen LogP contribution in [0.4, 0.5) is 5.82 Å². The van der Waals surface area contributed by atoms with Crippen molar-refractivity contribution in [2.24, 2.45) is 11.7 Å². The second kappa shape index (κ2) is 4.09. The number of fused-ring (bicyclic) bond motifs is 1. The Morgan fingerprint density at radius 3 is 3.00 bits per heavy atom. The molecule has 1 aromatic rings. The maximum absolute atomic E-state index is 5.71. The molecule has 2 heterocycles. The summed E-state index contributed by atoms with van der Waals surface area (Å²) >= 11 is 0. The van der Waals surface area contributed by atoms with E-state index in [0.717, 1.165) is 19.6 Å². The van der Waals surface area contributed by atoms with E-state index in [1.165, 1.54) is 37.2 Å². The molecule has 16 heavy (non-hydrogen) atoms. The third-order valence-corrected chi connectivity index (χ3v) is 3.91. The zero-order valence-corrected chi connectivity index (χ0v) is 9.65. The second-order valence-electron chi connectivity index (χ2n) is 5.10. The van der Waals surface area contributed by atoms with Gasteiger partial charge in [0, 0.05) is 31.0 Å². The van der Waals surface area contributed by atoms with Crippen LogP contribution in [-0.4, -0.2) is 22.9 Å². The van der Waals surface area contributed by atoms with Crippen LogP contribution in [0.5, 0.6) is 0 Å². The number of nitrogens with two attached hydrogens (primary N) is 1. The highest BCUT2D eigenvalue weighted by atomic mass is 15.3. The lowest BCUT2D eigenvalue weighted by Gasteiger charge is -2.23. The zero-order valence-electron chi connectivity index (χ0n) is 9.65. The molecule has 88 valence electrons. The number of nitrogens with one attached hydrogen (secondary N) is 1. The van der Waals surface area contributed by atoms with E-state index >= 15 is 0 Å². The van der Waals surface area contributed by atoms with E-state index in [4.69, 9.17) is 10.8 Å². The van der Waals surface area contributed by atoms with Crippen molar-refractivity contribution in [3.8, 4) is 0 Å². The Labute approximate surface area is 96.2 Å². The van der Waals surface area contributed by atoms with Gasteiger partial charge in [0.15, 0.2) is 0 Å². The predicted octanol–water partition coefficient (Wildman–Crippen LogP) is 1.54. The highest BCUT2D eigenvalue weighted by molar-refractivity contribution is 5.40.